The van der Waals surface area contributed by atoms with Gasteiger partial charge in [0.05, 0.1) is 19.3 Å². The van der Waals surface area contributed by atoms with Crippen LogP contribution in [0.15, 0.2) is 48.8 Å². The molecule has 0 bridgehead atoms. The SMILES string of the molecule is S=C(NCC(c1cccnc1)N1CCOCC1)Nc1ccc(I)cc1. The van der Waals surface area contributed by atoms with Gasteiger partial charge in [0.1, 0.15) is 0 Å². The second kappa shape index (κ2) is 9.42. The quantitative estimate of drug-likeness (QED) is 0.520. The summed E-state index contributed by atoms with van der Waals surface area (Å²) in [7, 11) is 0. The van der Waals surface area contributed by atoms with Crippen molar-refractivity contribution in [2.24, 2.45) is 0 Å². The van der Waals surface area contributed by atoms with Gasteiger partial charge in [-0.2, -0.15) is 0 Å². The largest absolute Gasteiger partial charge is 0.379 e. The zero-order chi connectivity index (χ0) is 17.5. The standard InChI is InChI=1S/C18H21IN4OS/c19-15-3-5-16(6-4-15)22-18(25)21-13-17(14-2-1-7-20-12-14)23-8-10-24-11-9-23/h1-7,12,17H,8-11,13H2,(H2,21,22,25). The molecule has 2 heterocycles. The molecule has 1 unspecified atom stereocenters. The first-order chi connectivity index (χ1) is 12.2. The lowest BCUT2D eigenvalue weighted by atomic mass is 10.1. The molecule has 5 nitrogen and oxygen atoms in total. The molecule has 1 saturated heterocycles. The normalized spacial score (nSPS) is 16.2. The molecule has 0 spiro atoms. The molecule has 3 rings (SSSR count). The van der Waals surface area contributed by atoms with Gasteiger partial charge in [-0.1, -0.05) is 6.07 Å². The molecule has 1 aliphatic rings. The van der Waals surface area contributed by atoms with E-state index in [1.165, 1.54) is 9.13 Å². The van der Waals surface area contributed by atoms with Gasteiger partial charge in [0.2, 0.25) is 0 Å². The summed E-state index contributed by atoms with van der Waals surface area (Å²) in [6.07, 6.45) is 3.73. The minimum Gasteiger partial charge on any atom is -0.379 e. The van der Waals surface area contributed by atoms with Gasteiger partial charge in [0.25, 0.3) is 0 Å². The van der Waals surface area contributed by atoms with E-state index in [1.54, 1.807) is 6.20 Å². The highest BCUT2D eigenvalue weighted by Crippen LogP contribution is 2.20. The predicted octanol–water partition coefficient (Wildman–Crippen LogP) is 3.05. The molecule has 2 N–H and O–H groups in total. The van der Waals surface area contributed by atoms with E-state index in [0.29, 0.717) is 5.11 Å². The summed E-state index contributed by atoms with van der Waals surface area (Å²) in [5.41, 5.74) is 2.18. The van der Waals surface area contributed by atoms with Crippen molar-refractivity contribution < 1.29 is 4.74 Å². The Morgan fingerprint density at radius 1 is 1.24 bits per heavy atom. The van der Waals surface area contributed by atoms with Crippen molar-refractivity contribution >= 4 is 45.6 Å². The van der Waals surface area contributed by atoms with Crippen LogP contribution in [0.1, 0.15) is 11.6 Å². The highest BCUT2D eigenvalue weighted by molar-refractivity contribution is 14.1. The second-order valence-corrected chi connectivity index (χ2v) is 7.45. The van der Waals surface area contributed by atoms with Gasteiger partial charge in [-0.25, -0.2) is 0 Å². The van der Waals surface area contributed by atoms with Gasteiger partial charge in [-0.15, -0.1) is 0 Å². The minimum absolute atomic E-state index is 0.217. The molecule has 25 heavy (non-hydrogen) atoms. The fourth-order valence-corrected chi connectivity index (χ4v) is 3.38. The number of nitrogens with one attached hydrogen (secondary N) is 2. The first kappa shape index (κ1) is 18.5. The Labute approximate surface area is 167 Å². The van der Waals surface area contributed by atoms with E-state index in [2.05, 4.69) is 61.3 Å². The van der Waals surface area contributed by atoms with Crippen LogP contribution in [0.2, 0.25) is 0 Å². The Morgan fingerprint density at radius 3 is 2.68 bits per heavy atom. The molecule has 1 atom stereocenters. The molecule has 7 heteroatoms. The van der Waals surface area contributed by atoms with Crippen molar-refractivity contribution in [3.63, 3.8) is 0 Å². The predicted molar refractivity (Wildman–Crippen MR) is 113 cm³/mol. The van der Waals surface area contributed by atoms with Crippen LogP contribution in [-0.2, 0) is 4.74 Å². The van der Waals surface area contributed by atoms with E-state index in [1.807, 2.05) is 24.4 Å². The van der Waals surface area contributed by atoms with Crippen molar-refractivity contribution in [1.82, 2.24) is 15.2 Å². The van der Waals surface area contributed by atoms with E-state index >= 15 is 0 Å². The van der Waals surface area contributed by atoms with Crippen LogP contribution < -0.4 is 10.6 Å². The van der Waals surface area contributed by atoms with E-state index in [4.69, 9.17) is 17.0 Å². The summed E-state index contributed by atoms with van der Waals surface area (Å²) in [5.74, 6) is 0. The number of benzene rings is 1. The van der Waals surface area contributed by atoms with E-state index in [0.717, 1.165) is 38.5 Å². The van der Waals surface area contributed by atoms with Crippen LogP contribution in [0.25, 0.3) is 0 Å². The molecule has 132 valence electrons. The average molecular weight is 468 g/mol. The summed E-state index contributed by atoms with van der Waals surface area (Å²) < 4.78 is 6.68. The highest BCUT2D eigenvalue weighted by Gasteiger charge is 2.22. The third-order valence-electron chi connectivity index (χ3n) is 4.11. The Morgan fingerprint density at radius 2 is 2.00 bits per heavy atom. The van der Waals surface area contributed by atoms with E-state index < -0.39 is 0 Å². The van der Waals surface area contributed by atoms with E-state index in [9.17, 15) is 0 Å². The van der Waals surface area contributed by atoms with E-state index in [-0.39, 0.29) is 6.04 Å². The zero-order valence-electron chi connectivity index (χ0n) is 13.8. The van der Waals surface area contributed by atoms with Crippen LogP contribution in [0.4, 0.5) is 5.69 Å². The lowest BCUT2D eigenvalue weighted by molar-refractivity contribution is 0.0170. The smallest absolute Gasteiger partial charge is 0.170 e. The number of aromatic nitrogens is 1. The van der Waals surface area contributed by atoms with Gasteiger partial charge >= 0.3 is 0 Å². The van der Waals surface area contributed by atoms with Crippen molar-refractivity contribution in [1.29, 1.82) is 0 Å². The van der Waals surface area contributed by atoms with Crippen molar-refractivity contribution in [3.05, 3.63) is 57.9 Å². The number of thiocarbonyl (C=S) groups is 1. The lowest BCUT2D eigenvalue weighted by Gasteiger charge is -2.35. The molecular weight excluding hydrogens is 447 g/mol. The molecule has 1 aromatic carbocycles. The number of pyridine rings is 1. The maximum absolute atomic E-state index is 5.48. The molecule has 0 saturated carbocycles. The number of morpholine rings is 1. The fourth-order valence-electron chi connectivity index (χ4n) is 2.82. The molecule has 1 aromatic heterocycles. The number of ether oxygens (including phenoxy) is 1. The number of anilines is 1. The lowest BCUT2D eigenvalue weighted by Crippen LogP contribution is -2.44. The fraction of sp³-hybridized carbons (Fsp3) is 0.333. The number of hydrogen-bond acceptors (Lipinski definition) is 4. The van der Waals surface area contributed by atoms with Crippen LogP contribution in [0.3, 0.4) is 0 Å². The van der Waals surface area contributed by atoms with Crippen molar-refractivity contribution in [2.45, 2.75) is 6.04 Å². The molecule has 1 aliphatic heterocycles. The van der Waals surface area contributed by atoms with Gasteiger partial charge in [0.15, 0.2) is 5.11 Å². The molecule has 0 radical (unpaired) electrons. The Bertz CT molecular complexity index is 677. The third kappa shape index (κ3) is 5.60. The summed E-state index contributed by atoms with van der Waals surface area (Å²) in [6, 6.07) is 12.5. The second-order valence-electron chi connectivity index (χ2n) is 5.79. The monoisotopic (exact) mass is 468 g/mol. The summed E-state index contributed by atoms with van der Waals surface area (Å²) in [6.45, 7) is 4.09. The van der Waals surface area contributed by atoms with Gasteiger partial charge in [0, 0.05) is 41.3 Å². The maximum Gasteiger partial charge on any atom is 0.170 e. The minimum atomic E-state index is 0.217. The Balaban J connectivity index is 1.61. The number of nitrogens with zero attached hydrogens (tertiary/aromatic N) is 2. The molecule has 2 aromatic rings. The zero-order valence-corrected chi connectivity index (χ0v) is 16.8. The van der Waals surface area contributed by atoms with Gasteiger partial charge in [-0.3, -0.25) is 9.88 Å². The first-order valence-corrected chi connectivity index (χ1v) is 9.73. The van der Waals surface area contributed by atoms with Crippen molar-refractivity contribution in [2.75, 3.05) is 38.2 Å². The third-order valence-corrected chi connectivity index (χ3v) is 5.08. The van der Waals surface area contributed by atoms with Crippen LogP contribution in [0, 0.1) is 3.57 Å². The summed E-state index contributed by atoms with van der Waals surface area (Å²) >= 11 is 7.74. The van der Waals surface area contributed by atoms with Gasteiger partial charge < -0.3 is 15.4 Å². The molecule has 1 fully saturated rings. The molecular formula is C18H21IN4OS. The summed E-state index contributed by atoms with van der Waals surface area (Å²) in [4.78, 5) is 6.69. The van der Waals surface area contributed by atoms with Crippen molar-refractivity contribution in [3.8, 4) is 0 Å². The number of halogens is 1. The topological polar surface area (TPSA) is 49.4 Å². The molecule has 0 aliphatic carbocycles. The Kier molecular flexibility index (Phi) is 6.97. The van der Waals surface area contributed by atoms with Gasteiger partial charge in [-0.05, 0) is 70.7 Å². The number of rotatable bonds is 5. The highest BCUT2D eigenvalue weighted by atomic mass is 127. The summed E-state index contributed by atoms with van der Waals surface area (Å²) in [5, 5.41) is 7.21. The Hall–Kier alpha value is -1.29. The maximum atomic E-state index is 5.48. The number of hydrogen-bond donors (Lipinski definition) is 2. The average Bonchev–Trinajstić information content (AvgIpc) is 2.66. The van der Waals surface area contributed by atoms with Crippen LogP contribution >= 0.6 is 34.8 Å². The first-order valence-electron chi connectivity index (χ1n) is 8.24. The molecule has 0 amide bonds. The van der Waals surface area contributed by atoms with Crippen LogP contribution in [-0.4, -0.2) is 47.8 Å². The van der Waals surface area contributed by atoms with Crippen LogP contribution in [0.5, 0.6) is 0 Å².